The number of aliphatic imine (C=N–C) groups is 1. The van der Waals surface area contributed by atoms with Gasteiger partial charge in [0.15, 0.2) is 5.96 Å². The monoisotopic (exact) mass is 620 g/mol. The molecule has 0 aromatic carbocycles. The number of carbonyl (C=O) groups is 7. The Hall–Kier alpha value is -3.74. The van der Waals surface area contributed by atoms with E-state index in [0.29, 0.717) is 5.75 Å². The number of hydrogen-bond acceptors (Lipinski definition) is 10. The summed E-state index contributed by atoms with van der Waals surface area (Å²) < 4.78 is 0. The Kier molecular flexibility index (Phi) is 16.0. The van der Waals surface area contributed by atoms with E-state index >= 15 is 0 Å². The summed E-state index contributed by atoms with van der Waals surface area (Å²) in [6.07, 6.45) is 1.51. The van der Waals surface area contributed by atoms with Crippen molar-refractivity contribution in [2.75, 3.05) is 36.6 Å². The van der Waals surface area contributed by atoms with Crippen LogP contribution in [-0.4, -0.2) is 118 Å². The van der Waals surface area contributed by atoms with Crippen LogP contribution in [0.4, 0.5) is 0 Å². The van der Waals surface area contributed by atoms with Gasteiger partial charge in [0.25, 0.3) is 0 Å². The van der Waals surface area contributed by atoms with Gasteiger partial charge in [-0.1, -0.05) is 0 Å². The third kappa shape index (κ3) is 14.5. The standard InChI is InChI=1S/C22H36N8O9S2/c1-40-6-4-12-19(36)29-11(3-2-5-25-22(23)24)18(35)26-8-15(31)28-13(7-17(33)34)20(37)30-14(21(38)39)9-41-10-16(32)27-12/h11-14H,2-10H2,1H3,(H,26,35)(H,27,32)(H,28,31)(H,29,36)(H,30,37)(H,33,34)(H,38,39)(H4,23,24,25)/t11-,12-,13-,14-/m0/s1. The Morgan fingerprint density at radius 1 is 0.927 bits per heavy atom. The molecule has 0 bridgehead atoms. The number of nitrogens with two attached hydrogens (primary N) is 2. The van der Waals surface area contributed by atoms with Gasteiger partial charge in [0.1, 0.15) is 24.2 Å². The fourth-order valence-corrected chi connectivity index (χ4v) is 4.74. The molecule has 17 nitrogen and oxygen atoms in total. The van der Waals surface area contributed by atoms with Crippen molar-refractivity contribution >= 4 is 71.0 Å². The third-order valence-electron chi connectivity index (χ3n) is 5.43. The number of rotatable bonds is 10. The lowest BCUT2D eigenvalue weighted by Crippen LogP contribution is -2.56. The number of aliphatic carboxylic acids is 2. The normalized spacial score (nSPS) is 23.4. The average molecular weight is 621 g/mol. The fraction of sp³-hybridized carbons (Fsp3) is 0.636. The highest BCUT2D eigenvalue weighted by molar-refractivity contribution is 8.00. The number of amides is 5. The van der Waals surface area contributed by atoms with E-state index in [1.54, 1.807) is 0 Å². The lowest BCUT2D eigenvalue weighted by atomic mass is 10.1. The van der Waals surface area contributed by atoms with Gasteiger partial charge in [-0.15, -0.1) is 11.8 Å². The molecule has 0 radical (unpaired) electrons. The van der Waals surface area contributed by atoms with Crippen LogP contribution in [-0.2, 0) is 33.6 Å². The van der Waals surface area contributed by atoms with E-state index in [1.807, 2.05) is 6.26 Å². The number of thioether (sulfide) groups is 2. The van der Waals surface area contributed by atoms with E-state index in [0.717, 1.165) is 11.8 Å². The van der Waals surface area contributed by atoms with Crippen molar-refractivity contribution in [2.45, 2.75) is 49.9 Å². The Morgan fingerprint density at radius 2 is 1.56 bits per heavy atom. The maximum absolute atomic E-state index is 13.1. The first kappa shape index (κ1) is 35.3. The summed E-state index contributed by atoms with van der Waals surface area (Å²) in [7, 11) is 0. The smallest absolute Gasteiger partial charge is 0.327 e. The number of nitrogens with zero attached hydrogens (tertiary/aromatic N) is 1. The van der Waals surface area contributed by atoms with Gasteiger partial charge in [0, 0.05) is 12.3 Å². The zero-order valence-corrected chi connectivity index (χ0v) is 24.0. The highest BCUT2D eigenvalue weighted by atomic mass is 32.2. The van der Waals surface area contributed by atoms with Crippen molar-refractivity contribution in [2.24, 2.45) is 16.5 Å². The first-order valence-electron chi connectivity index (χ1n) is 12.4. The van der Waals surface area contributed by atoms with Gasteiger partial charge >= 0.3 is 11.9 Å². The summed E-state index contributed by atoms with van der Waals surface area (Å²) >= 11 is 2.29. The van der Waals surface area contributed by atoms with Crippen molar-refractivity contribution in [3.63, 3.8) is 0 Å². The van der Waals surface area contributed by atoms with Crippen LogP contribution >= 0.6 is 23.5 Å². The van der Waals surface area contributed by atoms with Gasteiger partial charge in [0.2, 0.25) is 29.5 Å². The van der Waals surface area contributed by atoms with Crippen molar-refractivity contribution in [3.05, 3.63) is 0 Å². The lowest BCUT2D eigenvalue weighted by molar-refractivity contribution is -0.143. The number of carboxylic acids is 2. The molecule has 4 atom stereocenters. The second kappa shape index (κ2) is 18.6. The molecule has 0 unspecified atom stereocenters. The van der Waals surface area contributed by atoms with Crippen LogP contribution in [0.2, 0.25) is 0 Å². The van der Waals surface area contributed by atoms with Crippen LogP contribution in [0, 0.1) is 0 Å². The molecule has 0 spiro atoms. The first-order valence-corrected chi connectivity index (χ1v) is 14.9. The number of carboxylic acid groups (broad SMARTS) is 2. The van der Waals surface area contributed by atoms with E-state index in [1.165, 1.54) is 11.8 Å². The Labute approximate surface area is 244 Å². The predicted octanol–water partition coefficient (Wildman–Crippen LogP) is -3.85. The van der Waals surface area contributed by atoms with Gasteiger partial charge in [-0.05, 0) is 31.3 Å². The summed E-state index contributed by atoms with van der Waals surface area (Å²) in [5.41, 5.74) is 10.6. The van der Waals surface area contributed by atoms with Crippen molar-refractivity contribution in [1.29, 1.82) is 0 Å². The highest BCUT2D eigenvalue weighted by Crippen LogP contribution is 2.08. The van der Waals surface area contributed by atoms with Gasteiger partial charge in [-0.3, -0.25) is 33.8 Å². The molecule has 11 N–H and O–H groups in total. The van der Waals surface area contributed by atoms with E-state index in [2.05, 4.69) is 31.6 Å². The van der Waals surface area contributed by atoms with Crippen molar-refractivity contribution < 1.29 is 43.8 Å². The van der Waals surface area contributed by atoms with Crippen LogP contribution in [0.15, 0.2) is 4.99 Å². The molecular weight excluding hydrogens is 584 g/mol. The topological polar surface area (TPSA) is 284 Å². The molecule has 5 amide bonds. The maximum Gasteiger partial charge on any atom is 0.327 e. The van der Waals surface area contributed by atoms with E-state index in [4.69, 9.17) is 16.6 Å². The Bertz CT molecular complexity index is 1010. The van der Waals surface area contributed by atoms with Crippen molar-refractivity contribution in [3.8, 4) is 0 Å². The molecular formula is C22H36N8O9S2. The zero-order chi connectivity index (χ0) is 30.9. The van der Waals surface area contributed by atoms with Gasteiger partial charge in [-0.25, -0.2) is 4.79 Å². The van der Waals surface area contributed by atoms with Crippen molar-refractivity contribution in [1.82, 2.24) is 26.6 Å². The minimum Gasteiger partial charge on any atom is -0.481 e. The first-order chi connectivity index (χ1) is 19.3. The van der Waals surface area contributed by atoms with Crippen LogP contribution in [0.5, 0.6) is 0 Å². The largest absolute Gasteiger partial charge is 0.481 e. The molecule has 1 fully saturated rings. The quantitative estimate of drug-likeness (QED) is 0.0643. The number of nitrogens with one attached hydrogen (secondary N) is 5. The van der Waals surface area contributed by atoms with Gasteiger partial charge in [-0.2, -0.15) is 11.8 Å². The summed E-state index contributed by atoms with van der Waals surface area (Å²) in [5, 5.41) is 30.4. The molecule has 0 saturated carbocycles. The number of carbonyl (C=O) groups excluding carboxylic acids is 5. The van der Waals surface area contributed by atoms with E-state index < -0.39 is 78.6 Å². The van der Waals surface area contributed by atoms with Crippen LogP contribution < -0.4 is 38.1 Å². The summed E-state index contributed by atoms with van der Waals surface area (Å²) in [5.74, 6) is -7.10. The van der Waals surface area contributed by atoms with Gasteiger partial charge in [0.05, 0.1) is 18.7 Å². The Morgan fingerprint density at radius 3 is 2.17 bits per heavy atom. The average Bonchev–Trinajstić information content (AvgIpc) is 2.89. The van der Waals surface area contributed by atoms with Crippen LogP contribution in [0.25, 0.3) is 0 Å². The molecule has 0 aliphatic carbocycles. The molecule has 41 heavy (non-hydrogen) atoms. The minimum absolute atomic E-state index is 0.0651. The third-order valence-corrected chi connectivity index (χ3v) is 7.11. The molecule has 19 heteroatoms. The summed E-state index contributed by atoms with van der Waals surface area (Å²) in [4.78, 5) is 90.5. The molecule has 1 aliphatic rings. The van der Waals surface area contributed by atoms with Crippen LogP contribution in [0.3, 0.4) is 0 Å². The molecule has 230 valence electrons. The van der Waals surface area contributed by atoms with Crippen LogP contribution in [0.1, 0.15) is 25.7 Å². The molecule has 1 saturated heterocycles. The van der Waals surface area contributed by atoms with Gasteiger partial charge < -0.3 is 48.3 Å². The summed E-state index contributed by atoms with van der Waals surface area (Å²) in [6, 6.07) is -5.33. The molecule has 1 heterocycles. The second-order valence-corrected chi connectivity index (χ2v) is 10.8. The SMILES string of the molecule is CSCC[C@@H]1NC(=O)CSC[C@@H](C(=O)O)NC(=O)[C@H](CC(=O)O)NC(=O)CNC(=O)[C@H](CCCN=C(N)N)NC1=O. The minimum atomic E-state index is -1.65. The second-order valence-electron chi connectivity index (χ2n) is 8.76. The lowest BCUT2D eigenvalue weighted by Gasteiger charge is -2.24. The summed E-state index contributed by atoms with van der Waals surface area (Å²) in [6.45, 7) is -0.539. The molecule has 1 rings (SSSR count). The zero-order valence-electron chi connectivity index (χ0n) is 22.3. The fourth-order valence-electron chi connectivity index (χ4n) is 3.42. The number of guanidine groups is 1. The molecule has 0 aromatic rings. The maximum atomic E-state index is 13.1. The molecule has 0 aromatic heterocycles. The highest BCUT2D eigenvalue weighted by Gasteiger charge is 2.30. The predicted molar refractivity (Wildman–Crippen MR) is 151 cm³/mol. The Balaban J connectivity index is 3.24. The van der Waals surface area contributed by atoms with E-state index in [9.17, 15) is 38.7 Å². The molecule has 1 aliphatic heterocycles. The number of hydrogen-bond donors (Lipinski definition) is 9. The van der Waals surface area contributed by atoms with E-state index in [-0.39, 0.29) is 43.3 Å².